The second kappa shape index (κ2) is 7.86. The first-order valence-electron chi connectivity index (χ1n) is 8.43. The van der Waals surface area contributed by atoms with E-state index in [9.17, 15) is 14.4 Å². The molecule has 0 aliphatic carbocycles. The van der Waals surface area contributed by atoms with Gasteiger partial charge in [-0.05, 0) is 49.2 Å². The number of carbonyl (C=O) groups is 3. The summed E-state index contributed by atoms with van der Waals surface area (Å²) in [5, 5.41) is -0.792. The second-order valence-corrected chi connectivity index (χ2v) is 6.86. The highest BCUT2D eigenvalue weighted by molar-refractivity contribution is 6.29. The van der Waals surface area contributed by atoms with Crippen LogP contribution in [0.25, 0.3) is 6.08 Å². The van der Waals surface area contributed by atoms with Crippen molar-refractivity contribution in [2.45, 2.75) is 19.2 Å². The van der Waals surface area contributed by atoms with E-state index in [0.717, 1.165) is 0 Å². The van der Waals surface area contributed by atoms with Crippen molar-refractivity contribution in [3.63, 3.8) is 0 Å². The summed E-state index contributed by atoms with van der Waals surface area (Å²) in [6.07, 6.45) is 1.58. The van der Waals surface area contributed by atoms with Crippen LogP contribution in [0, 0.1) is 6.92 Å². The number of rotatable bonds is 4. The molecule has 1 atom stereocenters. The summed E-state index contributed by atoms with van der Waals surface area (Å²) in [7, 11) is 1.31. The third kappa shape index (κ3) is 3.92. The monoisotopic (exact) mass is 400 g/mol. The Hall–Kier alpha value is -3.12. The van der Waals surface area contributed by atoms with Gasteiger partial charge in [-0.25, -0.2) is 4.79 Å². The van der Waals surface area contributed by atoms with Crippen LogP contribution in [-0.4, -0.2) is 30.2 Å². The van der Waals surface area contributed by atoms with Crippen LogP contribution in [0.5, 0.6) is 11.5 Å². The third-order valence-corrected chi connectivity index (χ3v) is 4.29. The van der Waals surface area contributed by atoms with Crippen molar-refractivity contribution in [2.24, 2.45) is 0 Å². The van der Waals surface area contributed by atoms with Crippen LogP contribution in [0.15, 0.2) is 42.2 Å². The van der Waals surface area contributed by atoms with E-state index in [1.54, 1.807) is 43.3 Å². The van der Waals surface area contributed by atoms with Crippen LogP contribution in [0.4, 0.5) is 0 Å². The molecular formula is C21H17ClO6. The van der Waals surface area contributed by atoms with E-state index in [-0.39, 0.29) is 17.3 Å². The molecule has 3 rings (SSSR count). The molecular weight excluding hydrogens is 384 g/mol. The quantitative estimate of drug-likeness (QED) is 0.335. The number of Topliss-reactive ketones (excluding diaryl/α,β-unsaturated/α-hetero) is 1. The van der Waals surface area contributed by atoms with E-state index in [1.165, 1.54) is 20.1 Å². The topological polar surface area (TPSA) is 78.9 Å². The Balaban J connectivity index is 1.86. The van der Waals surface area contributed by atoms with Crippen molar-refractivity contribution in [2.75, 3.05) is 7.11 Å². The van der Waals surface area contributed by atoms with Gasteiger partial charge in [0.15, 0.2) is 5.76 Å². The smallest absolute Gasteiger partial charge is 0.337 e. The van der Waals surface area contributed by atoms with E-state index < -0.39 is 17.3 Å². The van der Waals surface area contributed by atoms with E-state index in [4.69, 9.17) is 21.1 Å². The number of benzene rings is 2. The van der Waals surface area contributed by atoms with Crippen molar-refractivity contribution >= 4 is 35.4 Å². The fourth-order valence-electron chi connectivity index (χ4n) is 2.72. The molecule has 1 aliphatic heterocycles. The number of halogens is 1. The first-order chi connectivity index (χ1) is 13.3. The zero-order valence-electron chi connectivity index (χ0n) is 15.4. The van der Waals surface area contributed by atoms with E-state index >= 15 is 0 Å². The fourth-order valence-corrected chi connectivity index (χ4v) is 2.76. The Morgan fingerprint density at radius 2 is 1.86 bits per heavy atom. The first kappa shape index (κ1) is 19.6. The number of fused-ring (bicyclic) bond motifs is 1. The summed E-state index contributed by atoms with van der Waals surface area (Å²) in [6.45, 7) is 3.24. The number of carbonyl (C=O) groups excluding carboxylic acids is 3. The molecule has 0 fully saturated rings. The van der Waals surface area contributed by atoms with Gasteiger partial charge in [0.1, 0.15) is 16.9 Å². The van der Waals surface area contributed by atoms with Gasteiger partial charge in [0.2, 0.25) is 5.78 Å². The van der Waals surface area contributed by atoms with Crippen LogP contribution in [0.3, 0.4) is 0 Å². The summed E-state index contributed by atoms with van der Waals surface area (Å²) >= 11 is 5.71. The number of esters is 2. The number of hydrogen-bond acceptors (Lipinski definition) is 6. The highest BCUT2D eigenvalue weighted by atomic mass is 35.5. The lowest BCUT2D eigenvalue weighted by Gasteiger charge is -2.08. The molecule has 0 saturated heterocycles. The fraction of sp³-hybridized carbons (Fsp3) is 0.190. The molecule has 0 aromatic heterocycles. The number of ketones is 1. The average molecular weight is 401 g/mol. The predicted molar refractivity (Wildman–Crippen MR) is 103 cm³/mol. The van der Waals surface area contributed by atoms with Crippen LogP contribution in [0.1, 0.15) is 38.8 Å². The molecule has 1 aliphatic rings. The molecule has 1 unspecified atom stereocenters. The van der Waals surface area contributed by atoms with Crippen molar-refractivity contribution in [3.8, 4) is 11.5 Å². The van der Waals surface area contributed by atoms with Crippen LogP contribution in [-0.2, 0) is 9.53 Å². The number of methoxy groups -OCH3 is 1. The number of allylic oxidation sites excluding steroid dienone is 1. The molecule has 2 aromatic carbocycles. The SMILES string of the molecule is COC(=O)c1ccc(/C=C2\Oc3cc(OC(=O)C(C)Cl)cc(C)c3C2=O)cc1. The van der Waals surface area contributed by atoms with E-state index in [1.807, 2.05) is 0 Å². The molecule has 0 N–H and O–H groups in total. The van der Waals surface area contributed by atoms with Crippen molar-refractivity contribution < 1.29 is 28.6 Å². The number of alkyl halides is 1. The minimum absolute atomic E-state index is 0.137. The minimum Gasteiger partial charge on any atom is -0.465 e. The van der Waals surface area contributed by atoms with E-state index in [2.05, 4.69) is 4.74 Å². The number of hydrogen-bond donors (Lipinski definition) is 0. The maximum absolute atomic E-state index is 12.7. The molecule has 0 saturated carbocycles. The van der Waals surface area contributed by atoms with Gasteiger partial charge in [-0.2, -0.15) is 0 Å². The highest BCUT2D eigenvalue weighted by Gasteiger charge is 2.30. The van der Waals surface area contributed by atoms with Gasteiger partial charge in [0, 0.05) is 6.07 Å². The average Bonchev–Trinajstić information content (AvgIpc) is 2.97. The number of aryl methyl sites for hydroxylation is 1. The molecule has 0 bridgehead atoms. The molecule has 0 radical (unpaired) electrons. The minimum atomic E-state index is -0.792. The van der Waals surface area contributed by atoms with Crippen molar-refractivity contribution in [1.29, 1.82) is 0 Å². The Bertz CT molecular complexity index is 989. The second-order valence-electron chi connectivity index (χ2n) is 6.20. The van der Waals surface area contributed by atoms with Gasteiger partial charge >= 0.3 is 11.9 Å². The number of ether oxygens (including phenoxy) is 3. The summed E-state index contributed by atoms with van der Waals surface area (Å²) < 4.78 is 15.5. The lowest BCUT2D eigenvalue weighted by Crippen LogP contribution is -2.17. The van der Waals surface area contributed by atoms with Gasteiger partial charge in [-0.3, -0.25) is 9.59 Å². The van der Waals surface area contributed by atoms with E-state index in [0.29, 0.717) is 28.0 Å². The van der Waals surface area contributed by atoms with Gasteiger partial charge in [0.25, 0.3) is 0 Å². The van der Waals surface area contributed by atoms with Gasteiger partial charge < -0.3 is 14.2 Å². The largest absolute Gasteiger partial charge is 0.465 e. The molecule has 144 valence electrons. The Labute approximate surface area is 166 Å². The molecule has 6 nitrogen and oxygen atoms in total. The summed E-state index contributed by atoms with van der Waals surface area (Å²) in [5.74, 6) is -0.598. The van der Waals surface area contributed by atoms with Crippen molar-refractivity contribution in [3.05, 3.63) is 64.4 Å². The summed E-state index contributed by atoms with van der Waals surface area (Å²) in [6, 6.07) is 9.63. The zero-order valence-corrected chi connectivity index (χ0v) is 16.2. The van der Waals surface area contributed by atoms with Gasteiger partial charge in [-0.15, -0.1) is 11.6 Å². The summed E-state index contributed by atoms with van der Waals surface area (Å²) in [4.78, 5) is 35.9. The molecule has 7 heteroatoms. The molecule has 0 amide bonds. The molecule has 0 spiro atoms. The van der Waals surface area contributed by atoms with Crippen LogP contribution in [0.2, 0.25) is 0 Å². The van der Waals surface area contributed by atoms with Gasteiger partial charge in [-0.1, -0.05) is 12.1 Å². The van der Waals surface area contributed by atoms with Crippen LogP contribution < -0.4 is 9.47 Å². The van der Waals surface area contributed by atoms with Crippen LogP contribution >= 0.6 is 11.6 Å². The Kier molecular flexibility index (Phi) is 5.51. The maximum Gasteiger partial charge on any atom is 0.337 e. The predicted octanol–water partition coefficient (Wildman–Crippen LogP) is 3.93. The standard InChI is InChI=1S/C21H17ClO6/c1-11-8-15(27-20(24)12(2)22)10-16-18(11)19(23)17(28-16)9-13-4-6-14(7-5-13)21(25)26-3/h4-10,12H,1-3H3/b17-9-. The molecule has 2 aromatic rings. The molecule has 1 heterocycles. The van der Waals surface area contributed by atoms with Gasteiger partial charge in [0.05, 0.1) is 18.2 Å². The van der Waals surface area contributed by atoms with Crippen molar-refractivity contribution in [1.82, 2.24) is 0 Å². The maximum atomic E-state index is 12.7. The Morgan fingerprint density at radius 3 is 2.46 bits per heavy atom. The first-order valence-corrected chi connectivity index (χ1v) is 8.87. The summed E-state index contributed by atoms with van der Waals surface area (Å²) in [5.41, 5.74) is 2.12. The highest BCUT2D eigenvalue weighted by Crippen LogP contribution is 2.37. The molecule has 28 heavy (non-hydrogen) atoms. The zero-order chi connectivity index (χ0) is 20.4. The normalized spacial score (nSPS) is 15.0. The Morgan fingerprint density at radius 1 is 1.18 bits per heavy atom. The lowest BCUT2D eigenvalue weighted by molar-refractivity contribution is -0.133. The lowest BCUT2D eigenvalue weighted by atomic mass is 10.0. The third-order valence-electron chi connectivity index (χ3n) is 4.12.